The molecule has 0 unspecified atom stereocenters. The lowest BCUT2D eigenvalue weighted by Gasteiger charge is -2.18. The molecule has 1 aromatic carbocycles. The van der Waals surface area contributed by atoms with Gasteiger partial charge in [-0.15, -0.1) is 0 Å². The molecule has 130 valence electrons. The maximum Gasteiger partial charge on any atom is 0.325 e. The highest BCUT2D eigenvalue weighted by Crippen LogP contribution is 2.41. The van der Waals surface area contributed by atoms with Crippen LogP contribution in [0, 0.1) is 0 Å². The van der Waals surface area contributed by atoms with Crippen LogP contribution in [-0.4, -0.2) is 41.1 Å². The highest BCUT2D eigenvalue weighted by Gasteiger charge is 2.43. The Labute approximate surface area is 142 Å². The first-order valence-electron chi connectivity index (χ1n) is 8.27. The van der Waals surface area contributed by atoms with Gasteiger partial charge in [-0.1, -0.05) is 12.1 Å². The highest BCUT2D eigenvalue weighted by atomic mass is 16.5. The van der Waals surface area contributed by atoms with Gasteiger partial charge in [0.2, 0.25) is 0 Å². The van der Waals surface area contributed by atoms with Gasteiger partial charge in [0.1, 0.15) is 11.1 Å². The smallest absolute Gasteiger partial charge is 0.325 e. The van der Waals surface area contributed by atoms with E-state index < -0.39 is 5.54 Å². The fraction of sp³-hybridized carbons (Fsp3) is 0.556. The van der Waals surface area contributed by atoms with Gasteiger partial charge in [-0.3, -0.25) is 9.69 Å². The number of urea groups is 1. The molecule has 0 spiro atoms. The van der Waals surface area contributed by atoms with Gasteiger partial charge < -0.3 is 14.8 Å². The monoisotopic (exact) mass is 332 g/mol. The standard InChI is InChI=1S/C18H24N2O4/c1-17(2)11-12-7-5-8-13(14(12)24-17)23-10-6-9-20-15(21)18(3,4)19-16(20)22/h5,7-8H,6,9-11H2,1-4H3,(H,19,22). The molecule has 1 fully saturated rings. The number of hydrogen-bond donors (Lipinski definition) is 1. The lowest BCUT2D eigenvalue weighted by molar-refractivity contribution is -0.130. The average molecular weight is 332 g/mol. The van der Waals surface area contributed by atoms with Crippen LogP contribution in [0.4, 0.5) is 4.79 Å². The molecule has 3 amide bonds. The van der Waals surface area contributed by atoms with Gasteiger partial charge in [-0.25, -0.2) is 4.79 Å². The van der Waals surface area contributed by atoms with Crippen molar-refractivity contribution >= 4 is 11.9 Å². The van der Waals surface area contributed by atoms with Gasteiger partial charge in [0.05, 0.1) is 6.61 Å². The summed E-state index contributed by atoms with van der Waals surface area (Å²) in [4.78, 5) is 25.2. The molecule has 1 N–H and O–H groups in total. The summed E-state index contributed by atoms with van der Waals surface area (Å²) in [5.74, 6) is 1.33. The topological polar surface area (TPSA) is 67.9 Å². The van der Waals surface area contributed by atoms with Crippen LogP contribution in [0.5, 0.6) is 11.5 Å². The third-order valence-corrected chi connectivity index (χ3v) is 4.28. The number of nitrogens with zero attached hydrogens (tertiary/aromatic N) is 1. The number of nitrogens with one attached hydrogen (secondary N) is 1. The van der Waals surface area contributed by atoms with Crippen molar-refractivity contribution in [3.63, 3.8) is 0 Å². The molecule has 6 nitrogen and oxygen atoms in total. The van der Waals surface area contributed by atoms with Gasteiger partial charge in [-0.05, 0) is 40.2 Å². The van der Waals surface area contributed by atoms with Crippen LogP contribution in [0.1, 0.15) is 39.7 Å². The Kier molecular flexibility index (Phi) is 3.94. The Morgan fingerprint density at radius 1 is 1.25 bits per heavy atom. The SMILES string of the molecule is CC1(C)Cc2cccc(OCCCN3C(=O)NC(C)(C)C3=O)c2O1. The fourth-order valence-electron chi connectivity index (χ4n) is 3.13. The zero-order chi connectivity index (χ0) is 17.5. The minimum absolute atomic E-state index is 0.196. The molecule has 0 bridgehead atoms. The average Bonchev–Trinajstić information content (AvgIpc) is 2.89. The maximum atomic E-state index is 12.1. The number of benzene rings is 1. The van der Waals surface area contributed by atoms with Gasteiger partial charge in [0.15, 0.2) is 11.5 Å². The van der Waals surface area contributed by atoms with Crippen LogP contribution >= 0.6 is 0 Å². The molecule has 1 aromatic rings. The van der Waals surface area contributed by atoms with Crippen molar-refractivity contribution in [2.45, 2.75) is 51.7 Å². The van der Waals surface area contributed by atoms with Crippen LogP contribution < -0.4 is 14.8 Å². The van der Waals surface area contributed by atoms with Crippen molar-refractivity contribution < 1.29 is 19.1 Å². The number of imide groups is 1. The van der Waals surface area contributed by atoms with Gasteiger partial charge in [0, 0.05) is 18.5 Å². The molecule has 2 aliphatic heterocycles. The molecule has 0 saturated carbocycles. The lowest BCUT2D eigenvalue weighted by Crippen LogP contribution is -2.40. The summed E-state index contributed by atoms with van der Waals surface area (Å²) in [7, 11) is 0. The van der Waals surface area contributed by atoms with Crippen LogP contribution in [0.15, 0.2) is 18.2 Å². The first-order chi connectivity index (χ1) is 11.2. The Balaban J connectivity index is 1.55. The van der Waals surface area contributed by atoms with E-state index in [2.05, 4.69) is 19.2 Å². The minimum atomic E-state index is -0.822. The number of rotatable bonds is 5. The zero-order valence-corrected chi connectivity index (χ0v) is 14.6. The van der Waals surface area contributed by atoms with E-state index in [4.69, 9.17) is 9.47 Å². The lowest BCUT2D eigenvalue weighted by atomic mass is 10.0. The summed E-state index contributed by atoms with van der Waals surface area (Å²) in [6.07, 6.45) is 1.43. The summed E-state index contributed by atoms with van der Waals surface area (Å²) in [5, 5.41) is 2.67. The zero-order valence-electron chi connectivity index (χ0n) is 14.6. The van der Waals surface area contributed by atoms with Crippen molar-refractivity contribution in [1.82, 2.24) is 10.2 Å². The highest BCUT2D eigenvalue weighted by molar-refractivity contribution is 6.06. The van der Waals surface area contributed by atoms with Crippen LogP contribution in [0.25, 0.3) is 0 Å². The Bertz CT molecular complexity index is 682. The summed E-state index contributed by atoms with van der Waals surface area (Å²) < 4.78 is 11.8. The maximum absolute atomic E-state index is 12.1. The summed E-state index contributed by atoms with van der Waals surface area (Å²) in [6, 6.07) is 5.55. The molecule has 0 aliphatic carbocycles. The molecule has 2 heterocycles. The number of amides is 3. The Morgan fingerprint density at radius 3 is 2.67 bits per heavy atom. The van der Waals surface area contributed by atoms with E-state index in [9.17, 15) is 9.59 Å². The molecule has 2 aliphatic rings. The second-order valence-electron chi connectivity index (χ2n) is 7.50. The second kappa shape index (κ2) is 5.69. The Morgan fingerprint density at radius 2 is 2.00 bits per heavy atom. The summed E-state index contributed by atoms with van der Waals surface area (Å²) in [6.45, 7) is 8.27. The van der Waals surface area contributed by atoms with Gasteiger partial charge in [-0.2, -0.15) is 0 Å². The first kappa shape index (κ1) is 16.6. The molecule has 3 rings (SSSR count). The summed E-state index contributed by atoms with van der Waals surface area (Å²) >= 11 is 0. The van der Waals surface area contributed by atoms with Gasteiger partial charge >= 0.3 is 6.03 Å². The molecule has 6 heteroatoms. The number of fused-ring (bicyclic) bond motifs is 1. The molecule has 24 heavy (non-hydrogen) atoms. The number of carbonyl (C=O) groups excluding carboxylic acids is 2. The van der Waals surface area contributed by atoms with E-state index in [-0.39, 0.29) is 17.5 Å². The van der Waals surface area contributed by atoms with Crippen molar-refractivity contribution in [2.24, 2.45) is 0 Å². The third kappa shape index (κ3) is 3.05. The number of carbonyl (C=O) groups is 2. The molecular formula is C18H24N2O4. The van der Waals surface area contributed by atoms with Crippen molar-refractivity contribution in [3.8, 4) is 11.5 Å². The molecule has 1 saturated heterocycles. The largest absolute Gasteiger partial charge is 0.490 e. The molecule has 0 atom stereocenters. The van der Waals surface area contributed by atoms with Crippen LogP contribution in [0.2, 0.25) is 0 Å². The quantitative estimate of drug-likeness (QED) is 0.664. The predicted molar refractivity (Wildman–Crippen MR) is 89.3 cm³/mol. The van der Waals surface area contributed by atoms with E-state index in [0.29, 0.717) is 19.6 Å². The number of ether oxygens (including phenoxy) is 2. The second-order valence-corrected chi connectivity index (χ2v) is 7.50. The van der Waals surface area contributed by atoms with E-state index in [1.165, 1.54) is 4.90 Å². The van der Waals surface area contributed by atoms with Crippen molar-refractivity contribution in [2.75, 3.05) is 13.2 Å². The molecular weight excluding hydrogens is 308 g/mol. The summed E-state index contributed by atoms with van der Waals surface area (Å²) in [5.41, 5.74) is 0.110. The molecule has 0 aromatic heterocycles. The minimum Gasteiger partial charge on any atom is -0.490 e. The fourth-order valence-corrected chi connectivity index (χ4v) is 3.13. The van der Waals surface area contributed by atoms with Crippen molar-refractivity contribution in [3.05, 3.63) is 23.8 Å². The first-order valence-corrected chi connectivity index (χ1v) is 8.27. The van der Waals surface area contributed by atoms with E-state index in [1.54, 1.807) is 13.8 Å². The van der Waals surface area contributed by atoms with Crippen LogP contribution in [-0.2, 0) is 11.2 Å². The Hall–Kier alpha value is -2.24. The normalized spacial score (nSPS) is 20.6. The van der Waals surface area contributed by atoms with Crippen molar-refractivity contribution in [1.29, 1.82) is 0 Å². The number of hydrogen-bond acceptors (Lipinski definition) is 4. The van der Waals surface area contributed by atoms with E-state index >= 15 is 0 Å². The van der Waals surface area contributed by atoms with Crippen LogP contribution in [0.3, 0.4) is 0 Å². The third-order valence-electron chi connectivity index (χ3n) is 4.28. The van der Waals surface area contributed by atoms with Gasteiger partial charge in [0.25, 0.3) is 5.91 Å². The van der Waals surface area contributed by atoms with E-state index in [1.807, 2.05) is 18.2 Å². The predicted octanol–water partition coefficient (Wildman–Crippen LogP) is 2.50. The molecule has 0 radical (unpaired) electrons. The number of para-hydroxylation sites is 1. The van der Waals surface area contributed by atoms with E-state index in [0.717, 1.165) is 23.5 Å².